The Morgan fingerprint density at radius 2 is 1.83 bits per heavy atom. The molecule has 1 heterocycles. The van der Waals surface area contributed by atoms with E-state index in [1.54, 1.807) is 36.4 Å². The lowest BCUT2D eigenvalue weighted by atomic mass is 10.1. The summed E-state index contributed by atoms with van der Waals surface area (Å²) in [6, 6.07) is 17.5. The van der Waals surface area contributed by atoms with Crippen molar-refractivity contribution in [3.8, 4) is 16.9 Å². The molecule has 0 bridgehead atoms. The van der Waals surface area contributed by atoms with E-state index in [4.69, 9.17) is 27.9 Å². The second-order valence-corrected chi connectivity index (χ2v) is 9.37. The summed E-state index contributed by atoms with van der Waals surface area (Å²) in [6.07, 6.45) is 1.20. The molecule has 0 radical (unpaired) electrons. The molecular weight excluding hydrogens is 431 g/mol. The van der Waals surface area contributed by atoms with Crippen LogP contribution in [0.5, 0.6) is 5.75 Å². The predicted molar refractivity (Wildman–Crippen MR) is 115 cm³/mol. The normalized spacial score (nSPS) is 11.7. The lowest BCUT2D eigenvalue weighted by molar-refractivity contribution is 0.298. The summed E-state index contributed by atoms with van der Waals surface area (Å²) < 4.78 is 29.9. The first-order valence-electron chi connectivity index (χ1n) is 8.67. The van der Waals surface area contributed by atoms with E-state index in [0.717, 1.165) is 11.1 Å². The molecule has 0 aliphatic carbocycles. The maximum atomic E-state index is 12.1. The maximum absolute atomic E-state index is 12.1. The Morgan fingerprint density at radius 1 is 1.03 bits per heavy atom. The SMILES string of the molecule is CS(=O)(=O)c1ccccc1-c1ccc2[nH]c(COc3ccc(Cl)cc3Cl)nc2c1. The molecule has 0 aliphatic rings. The Labute approximate surface area is 178 Å². The minimum Gasteiger partial charge on any atom is -0.484 e. The summed E-state index contributed by atoms with van der Waals surface area (Å²) in [6.45, 7) is 0.200. The van der Waals surface area contributed by atoms with Gasteiger partial charge in [-0.25, -0.2) is 13.4 Å². The summed E-state index contributed by atoms with van der Waals surface area (Å²) in [7, 11) is -3.35. The third-order valence-corrected chi connectivity index (χ3v) is 6.07. The summed E-state index contributed by atoms with van der Waals surface area (Å²) in [5.41, 5.74) is 2.96. The molecule has 0 unspecified atom stereocenters. The van der Waals surface area contributed by atoms with Gasteiger partial charge in [-0.2, -0.15) is 0 Å². The highest BCUT2D eigenvalue weighted by molar-refractivity contribution is 7.90. The highest BCUT2D eigenvalue weighted by Crippen LogP contribution is 2.30. The van der Waals surface area contributed by atoms with Crippen LogP contribution in [-0.2, 0) is 16.4 Å². The molecule has 8 heteroatoms. The van der Waals surface area contributed by atoms with E-state index >= 15 is 0 Å². The molecule has 148 valence electrons. The molecule has 0 saturated heterocycles. The van der Waals surface area contributed by atoms with E-state index in [1.807, 2.05) is 24.3 Å². The van der Waals surface area contributed by atoms with Crippen molar-refractivity contribution in [1.82, 2.24) is 9.97 Å². The van der Waals surface area contributed by atoms with Gasteiger partial charge in [-0.05, 0) is 42.0 Å². The molecule has 0 fully saturated rings. The van der Waals surface area contributed by atoms with Crippen molar-refractivity contribution in [2.45, 2.75) is 11.5 Å². The fourth-order valence-electron chi connectivity index (χ4n) is 3.06. The van der Waals surface area contributed by atoms with Gasteiger partial charge in [0, 0.05) is 16.8 Å². The molecule has 0 amide bonds. The third-order valence-electron chi connectivity index (χ3n) is 4.39. The first kappa shape index (κ1) is 19.8. The van der Waals surface area contributed by atoms with Crippen molar-refractivity contribution in [1.29, 1.82) is 0 Å². The zero-order chi connectivity index (χ0) is 20.6. The van der Waals surface area contributed by atoms with Gasteiger partial charge in [0.15, 0.2) is 9.84 Å². The van der Waals surface area contributed by atoms with E-state index in [0.29, 0.717) is 32.7 Å². The number of aromatic nitrogens is 2. The molecule has 3 aromatic carbocycles. The molecule has 0 aliphatic heterocycles. The molecular formula is C21H16Cl2N2O3S. The van der Waals surface area contributed by atoms with Crippen LogP contribution >= 0.6 is 23.2 Å². The summed E-state index contributed by atoms with van der Waals surface area (Å²) in [4.78, 5) is 8.04. The van der Waals surface area contributed by atoms with Gasteiger partial charge in [0.25, 0.3) is 0 Å². The third kappa shape index (κ3) is 4.24. The first-order chi connectivity index (χ1) is 13.8. The molecule has 0 atom stereocenters. The number of hydrogen-bond acceptors (Lipinski definition) is 4. The molecule has 4 rings (SSSR count). The number of halogens is 2. The highest BCUT2D eigenvalue weighted by Gasteiger charge is 2.15. The minimum absolute atomic E-state index is 0.200. The largest absolute Gasteiger partial charge is 0.484 e. The zero-order valence-corrected chi connectivity index (χ0v) is 17.6. The number of sulfone groups is 1. The smallest absolute Gasteiger partial charge is 0.176 e. The van der Waals surface area contributed by atoms with Gasteiger partial charge in [0.1, 0.15) is 18.2 Å². The Balaban J connectivity index is 1.64. The lowest BCUT2D eigenvalue weighted by Crippen LogP contribution is -1.99. The lowest BCUT2D eigenvalue weighted by Gasteiger charge is -2.07. The van der Waals surface area contributed by atoms with Crippen LogP contribution in [-0.4, -0.2) is 24.6 Å². The average Bonchev–Trinajstić information content (AvgIpc) is 3.08. The molecule has 29 heavy (non-hydrogen) atoms. The second-order valence-electron chi connectivity index (χ2n) is 6.55. The minimum atomic E-state index is -3.35. The van der Waals surface area contributed by atoms with Crippen molar-refractivity contribution in [2.75, 3.05) is 6.26 Å². The molecule has 1 aromatic heterocycles. The van der Waals surface area contributed by atoms with Crippen molar-refractivity contribution in [3.63, 3.8) is 0 Å². The van der Waals surface area contributed by atoms with Crippen LogP contribution < -0.4 is 4.74 Å². The van der Waals surface area contributed by atoms with E-state index in [2.05, 4.69) is 9.97 Å². The predicted octanol–water partition coefficient (Wildman–Crippen LogP) is 5.52. The quantitative estimate of drug-likeness (QED) is 0.437. The molecule has 5 nitrogen and oxygen atoms in total. The van der Waals surface area contributed by atoms with E-state index < -0.39 is 9.84 Å². The van der Waals surface area contributed by atoms with Crippen LogP contribution in [0.15, 0.2) is 65.6 Å². The fraction of sp³-hybridized carbons (Fsp3) is 0.0952. The monoisotopic (exact) mass is 446 g/mol. The molecule has 1 N–H and O–H groups in total. The Kier molecular flexibility index (Phi) is 5.25. The number of imidazole rings is 1. The van der Waals surface area contributed by atoms with E-state index in [-0.39, 0.29) is 11.5 Å². The van der Waals surface area contributed by atoms with Gasteiger partial charge in [0.2, 0.25) is 0 Å². The van der Waals surface area contributed by atoms with Crippen molar-refractivity contribution in [3.05, 3.63) is 76.5 Å². The molecule has 0 saturated carbocycles. The Bertz CT molecular complexity index is 1320. The zero-order valence-electron chi connectivity index (χ0n) is 15.3. The Morgan fingerprint density at radius 3 is 2.59 bits per heavy atom. The summed E-state index contributed by atoms with van der Waals surface area (Å²) in [5.74, 6) is 1.14. The average molecular weight is 447 g/mol. The topological polar surface area (TPSA) is 72.0 Å². The Hall–Kier alpha value is -2.54. The number of benzene rings is 3. The summed E-state index contributed by atoms with van der Waals surface area (Å²) >= 11 is 12.0. The fourth-order valence-corrected chi connectivity index (χ4v) is 4.44. The number of rotatable bonds is 5. The molecule has 0 spiro atoms. The number of aromatic amines is 1. The van der Waals surface area contributed by atoms with Gasteiger partial charge in [-0.15, -0.1) is 0 Å². The first-order valence-corrected chi connectivity index (χ1v) is 11.3. The number of hydrogen-bond donors (Lipinski definition) is 1. The van der Waals surface area contributed by atoms with Crippen LogP contribution in [0.1, 0.15) is 5.82 Å². The van der Waals surface area contributed by atoms with Gasteiger partial charge in [-0.1, -0.05) is 47.5 Å². The highest BCUT2D eigenvalue weighted by atomic mass is 35.5. The van der Waals surface area contributed by atoms with Gasteiger partial charge in [0.05, 0.1) is 21.0 Å². The van der Waals surface area contributed by atoms with Crippen molar-refractivity contribution >= 4 is 44.1 Å². The van der Waals surface area contributed by atoms with Crippen LogP contribution in [0.4, 0.5) is 0 Å². The number of H-pyrrole nitrogens is 1. The standard InChI is InChI=1S/C21H16Cl2N2O3S/c1-29(26,27)20-5-3-2-4-15(20)13-6-8-17-18(10-13)25-21(24-17)12-28-19-9-7-14(22)11-16(19)23/h2-11H,12H2,1H3,(H,24,25). The van der Waals surface area contributed by atoms with E-state index in [1.165, 1.54) is 6.26 Å². The van der Waals surface area contributed by atoms with Gasteiger partial charge < -0.3 is 9.72 Å². The number of nitrogens with zero attached hydrogens (tertiary/aromatic N) is 1. The van der Waals surface area contributed by atoms with Crippen molar-refractivity contribution < 1.29 is 13.2 Å². The number of ether oxygens (including phenoxy) is 1. The van der Waals surface area contributed by atoms with Gasteiger partial charge in [-0.3, -0.25) is 0 Å². The van der Waals surface area contributed by atoms with Crippen LogP contribution in [0.25, 0.3) is 22.2 Å². The number of nitrogens with one attached hydrogen (secondary N) is 1. The van der Waals surface area contributed by atoms with Crippen LogP contribution in [0, 0.1) is 0 Å². The molecule has 4 aromatic rings. The van der Waals surface area contributed by atoms with E-state index in [9.17, 15) is 8.42 Å². The van der Waals surface area contributed by atoms with Gasteiger partial charge >= 0.3 is 0 Å². The second kappa shape index (κ2) is 7.71. The maximum Gasteiger partial charge on any atom is 0.176 e. The van der Waals surface area contributed by atoms with Crippen LogP contribution in [0.3, 0.4) is 0 Å². The summed E-state index contributed by atoms with van der Waals surface area (Å²) in [5, 5.41) is 0.960. The van der Waals surface area contributed by atoms with Crippen molar-refractivity contribution in [2.24, 2.45) is 0 Å². The van der Waals surface area contributed by atoms with Crippen LogP contribution in [0.2, 0.25) is 10.0 Å². The number of fused-ring (bicyclic) bond motifs is 1.